The number of ether oxygens (including phenoxy) is 1. The summed E-state index contributed by atoms with van der Waals surface area (Å²) in [6.45, 7) is 2.88. The largest absolute Gasteiger partial charge is 0.376 e. The number of halogens is 1. The lowest BCUT2D eigenvalue weighted by Crippen LogP contribution is -2.32. The second-order valence-corrected chi connectivity index (χ2v) is 5.33. The Balaban J connectivity index is 1.80. The smallest absolute Gasteiger partial charge is 0.257 e. The van der Waals surface area contributed by atoms with Crippen molar-refractivity contribution in [2.45, 2.75) is 25.9 Å². The highest BCUT2D eigenvalue weighted by Gasteiger charge is 2.23. The standard InChI is InChI=1S/C16H17FN2O3/c1-10-14(16(20)18-9-13-6-3-7-21-13)15(22-19-10)11-4-2-5-12(17)8-11/h2,4-5,8,13H,3,6-7,9H2,1H3,(H,18,20). The summed E-state index contributed by atoms with van der Waals surface area (Å²) in [6.07, 6.45) is 2.02. The van der Waals surface area contributed by atoms with Crippen LogP contribution in [0.2, 0.25) is 0 Å². The van der Waals surface area contributed by atoms with E-state index in [0.29, 0.717) is 23.4 Å². The monoisotopic (exact) mass is 304 g/mol. The number of aromatic nitrogens is 1. The maximum atomic E-state index is 13.4. The Morgan fingerprint density at radius 3 is 3.09 bits per heavy atom. The minimum atomic E-state index is -0.391. The van der Waals surface area contributed by atoms with Crippen molar-refractivity contribution >= 4 is 5.91 Å². The van der Waals surface area contributed by atoms with Crippen molar-refractivity contribution in [2.75, 3.05) is 13.2 Å². The van der Waals surface area contributed by atoms with E-state index < -0.39 is 5.82 Å². The molecule has 3 rings (SSSR count). The first kappa shape index (κ1) is 14.7. The molecule has 1 amide bonds. The summed E-state index contributed by atoms with van der Waals surface area (Å²) in [5.74, 6) is -0.396. The molecule has 0 spiro atoms. The molecule has 0 bridgehead atoms. The number of carbonyl (C=O) groups excluding carboxylic acids is 1. The van der Waals surface area contributed by atoms with E-state index in [9.17, 15) is 9.18 Å². The Bertz CT molecular complexity index is 678. The fourth-order valence-corrected chi connectivity index (χ4v) is 2.56. The number of benzene rings is 1. The molecule has 1 aromatic heterocycles. The normalized spacial score (nSPS) is 17.6. The summed E-state index contributed by atoms with van der Waals surface area (Å²) in [5, 5.41) is 6.67. The lowest BCUT2D eigenvalue weighted by Gasteiger charge is -2.10. The zero-order valence-electron chi connectivity index (χ0n) is 12.3. The van der Waals surface area contributed by atoms with Gasteiger partial charge in [-0.15, -0.1) is 0 Å². The van der Waals surface area contributed by atoms with Crippen molar-refractivity contribution in [1.82, 2.24) is 10.5 Å². The first-order valence-electron chi connectivity index (χ1n) is 7.27. The molecule has 1 N–H and O–H groups in total. The second-order valence-electron chi connectivity index (χ2n) is 5.33. The molecule has 1 atom stereocenters. The maximum Gasteiger partial charge on any atom is 0.257 e. The molecule has 6 heteroatoms. The van der Waals surface area contributed by atoms with Crippen molar-refractivity contribution in [3.05, 3.63) is 41.3 Å². The average molecular weight is 304 g/mol. The van der Waals surface area contributed by atoms with Crippen LogP contribution >= 0.6 is 0 Å². The molecule has 1 aromatic carbocycles. The number of hydrogen-bond donors (Lipinski definition) is 1. The lowest BCUT2D eigenvalue weighted by molar-refractivity contribution is 0.0857. The van der Waals surface area contributed by atoms with Gasteiger partial charge in [-0.1, -0.05) is 17.3 Å². The van der Waals surface area contributed by atoms with Gasteiger partial charge in [-0.05, 0) is 31.9 Å². The molecule has 1 unspecified atom stereocenters. The highest BCUT2D eigenvalue weighted by atomic mass is 19.1. The highest BCUT2D eigenvalue weighted by molar-refractivity contribution is 6.00. The van der Waals surface area contributed by atoms with E-state index >= 15 is 0 Å². The predicted octanol–water partition coefficient (Wildman–Crippen LogP) is 2.70. The predicted molar refractivity (Wildman–Crippen MR) is 77.9 cm³/mol. The molecule has 2 heterocycles. The van der Waals surface area contributed by atoms with Crippen molar-refractivity contribution in [1.29, 1.82) is 0 Å². The fourth-order valence-electron chi connectivity index (χ4n) is 2.56. The molecule has 5 nitrogen and oxygen atoms in total. The third-order valence-corrected chi connectivity index (χ3v) is 3.69. The topological polar surface area (TPSA) is 64.4 Å². The zero-order valence-corrected chi connectivity index (χ0v) is 12.3. The quantitative estimate of drug-likeness (QED) is 0.943. The van der Waals surface area contributed by atoms with Crippen LogP contribution in [0.3, 0.4) is 0 Å². The summed E-state index contributed by atoms with van der Waals surface area (Å²) in [7, 11) is 0. The van der Waals surface area contributed by atoms with Gasteiger partial charge >= 0.3 is 0 Å². The van der Waals surface area contributed by atoms with E-state index in [1.807, 2.05) is 0 Å². The summed E-state index contributed by atoms with van der Waals surface area (Å²) in [4.78, 5) is 12.4. The summed E-state index contributed by atoms with van der Waals surface area (Å²) in [6, 6.07) is 5.90. The number of rotatable bonds is 4. The molecule has 116 valence electrons. The van der Waals surface area contributed by atoms with Crippen LogP contribution < -0.4 is 5.32 Å². The number of nitrogens with zero attached hydrogens (tertiary/aromatic N) is 1. The van der Waals surface area contributed by atoms with Crippen LogP contribution in [0.25, 0.3) is 11.3 Å². The SMILES string of the molecule is Cc1noc(-c2cccc(F)c2)c1C(=O)NCC1CCCO1. The lowest BCUT2D eigenvalue weighted by atomic mass is 10.1. The molecule has 22 heavy (non-hydrogen) atoms. The van der Waals surface area contributed by atoms with Crippen molar-refractivity contribution in [3.63, 3.8) is 0 Å². The molecule has 1 aliphatic heterocycles. The van der Waals surface area contributed by atoms with Gasteiger partial charge in [0, 0.05) is 18.7 Å². The van der Waals surface area contributed by atoms with Crippen LogP contribution in [-0.4, -0.2) is 30.3 Å². The van der Waals surface area contributed by atoms with Crippen LogP contribution in [0, 0.1) is 12.7 Å². The summed E-state index contributed by atoms with van der Waals surface area (Å²) < 4.78 is 24.1. The fraction of sp³-hybridized carbons (Fsp3) is 0.375. The van der Waals surface area contributed by atoms with Gasteiger partial charge in [0.2, 0.25) is 0 Å². The number of nitrogens with one attached hydrogen (secondary N) is 1. The zero-order chi connectivity index (χ0) is 15.5. The number of aryl methyl sites for hydroxylation is 1. The maximum absolute atomic E-state index is 13.4. The molecule has 1 fully saturated rings. The van der Waals surface area contributed by atoms with Crippen LogP contribution in [-0.2, 0) is 4.74 Å². The van der Waals surface area contributed by atoms with Crippen molar-refractivity contribution in [2.24, 2.45) is 0 Å². The van der Waals surface area contributed by atoms with Gasteiger partial charge in [0.05, 0.1) is 11.8 Å². The van der Waals surface area contributed by atoms with E-state index in [4.69, 9.17) is 9.26 Å². The molecule has 1 saturated heterocycles. The molecule has 0 radical (unpaired) electrons. The van der Waals surface area contributed by atoms with Crippen LogP contribution in [0.1, 0.15) is 28.9 Å². The average Bonchev–Trinajstić information content (AvgIpc) is 3.14. The van der Waals surface area contributed by atoms with Crippen LogP contribution in [0.4, 0.5) is 4.39 Å². The number of carbonyl (C=O) groups is 1. The van der Waals surface area contributed by atoms with Gasteiger partial charge in [0.25, 0.3) is 5.91 Å². The van der Waals surface area contributed by atoms with E-state index in [-0.39, 0.29) is 17.8 Å². The Kier molecular flexibility index (Phi) is 4.20. The van der Waals surface area contributed by atoms with Gasteiger partial charge in [-0.2, -0.15) is 0 Å². The van der Waals surface area contributed by atoms with E-state index in [1.54, 1.807) is 19.1 Å². The first-order chi connectivity index (χ1) is 10.6. The minimum absolute atomic E-state index is 0.0572. The van der Waals surface area contributed by atoms with E-state index in [0.717, 1.165) is 19.4 Å². The Labute approximate surface area is 127 Å². The molecule has 1 aliphatic rings. The van der Waals surface area contributed by atoms with E-state index in [1.165, 1.54) is 12.1 Å². The third kappa shape index (κ3) is 3.01. The molecule has 2 aromatic rings. The number of hydrogen-bond acceptors (Lipinski definition) is 4. The molecular formula is C16H17FN2O3. The van der Waals surface area contributed by atoms with Gasteiger partial charge in [0.1, 0.15) is 11.4 Å². The molecule has 0 aliphatic carbocycles. The van der Waals surface area contributed by atoms with Crippen LogP contribution in [0.15, 0.2) is 28.8 Å². The molecular weight excluding hydrogens is 287 g/mol. The van der Waals surface area contributed by atoms with E-state index in [2.05, 4.69) is 10.5 Å². The van der Waals surface area contributed by atoms with Gasteiger partial charge in [-0.3, -0.25) is 4.79 Å². The Morgan fingerprint density at radius 2 is 2.36 bits per heavy atom. The van der Waals surface area contributed by atoms with Gasteiger partial charge in [-0.25, -0.2) is 4.39 Å². The summed E-state index contributed by atoms with van der Waals surface area (Å²) >= 11 is 0. The first-order valence-corrected chi connectivity index (χ1v) is 7.27. The Morgan fingerprint density at radius 1 is 1.50 bits per heavy atom. The van der Waals surface area contributed by atoms with Gasteiger partial charge in [0.15, 0.2) is 5.76 Å². The van der Waals surface area contributed by atoms with Crippen molar-refractivity contribution in [3.8, 4) is 11.3 Å². The van der Waals surface area contributed by atoms with Gasteiger partial charge < -0.3 is 14.6 Å². The Hall–Kier alpha value is -2.21. The van der Waals surface area contributed by atoms with Crippen LogP contribution in [0.5, 0.6) is 0 Å². The molecule has 0 saturated carbocycles. The van der Waals surface area contributed by atoms with Crippen molar-refractivity contribution < 1.29 is 18.4 Å². The highest BCUT2D eigenvalue weighted by Crippen LogP contribution is 2.26. The second kappa shape index (κ2) is 6.27. The minimum Gasteiger partial charge on any atom is -0.376 e. The summed E-state index contributed by atoms with van der Waals surface area (Å²) in [5.41, 5.74) is 1.30. The third-order valence-electron chi connectivity index (χ3n) is 3.69. The number of amides is 1.